The van der Waals surface area contributed by atoms with E-state index in [1.165, 1.54) is 7.11 Å². The minimum Gasteiger partial charge on any atom is -0.497 e. The van der Waals surface area contributed by atoms with Crippen LogP contribution in [-0.4, -0.2) is 32.8 Å². The molecule has 0 amide bonds. The lowest BCUT2D eigenvalue weighted by atomic mass is 9.71. The fourth-order valence-electron chi connectivity index (χ4n) is 4.96. The fourth-order valence-corrected chi connectivity index (χ4v) is 4.96. The first-order valence-electron chi connectivity index (χ1n) is 10.9. The van der Waals surface area contributed by atoms with Gasteiger partial charge in [0.25, 0.3) is 0 Å². The molecular weight excluding hydrogens is 422 g/mol. The molecule has 0 aromatic heterocycles. The number of carbonyl (C=O) groups excluding carboxylic acids is 2. The van der Waals surface area contributed by atoms with Gasteiger partial charge in [-0.15, -0.1) is 0 Å². The molecule has 7 nitrogen and oxygen atoms in total. The molecule has 0 saturated carbocycles. The average Bonchev–Trinajstić information content (AvgIpc) is 3.30. The van der Waals surface area contributed by atoms with Crippen molar-refractivity contribution in [3.63, 3.8) is 0 Å². The number of esters is 1. The minimum atomic E-state index is -0.535. The summed E-state index contributed by atoms with van der Waals surface area (Å²) < 4.78 is 21.3. The Kier molecular flexibility index (Phi) is 5.32. The Hall–Kier alpha value is -3.74. The first-order chi connectivity index (χ1) is 16.0. The quantitative estimate of drug-likeness (QED) is 0.711. The van der Waals surface area contributed by atoms with Crippen LogP contribution in [0, 0.1) is 0 Å². The van der Waals surface area contributed by atoms with Gasteiger partial charge >= 0.3 is 5.97 Å². The Bertz CT molecular complexity index is 1190. The molecule has 3 aliphatic rings. The summed E-state index contributed by atoms with van der Waals surface area (Å²) in [4.78, 5) is 26.4. The van der Waals surface area contributed by atoms with Crippen LogP contribution in [-0.2, 0) is 14.3 Å². The SMILES string of the molecule is COC(=O)C1=C(C)NC2=C(C(=O)C[C@@H](c3ccc(OC)cc3)C2)[C@H]1c1ccc2c(c1)OCO2. The first kappa shape index (κ1) is 21.1. The molecule has 0 bridgehead atoms. The molecule has 0 saturated heterocycles. The lowest BCUT2D eigenvalue weighted by molar-refractivity contribution is -0.136. The van der Waals surface area contributed by atoms with Crippen molar-refractivity contribution in [1.29, 1.82) is 0 Å². The van der Waals surface area contributed by atoms with E-state index in [9.17, 15) is 9.59 Å². The fraction of sp³-hybridized carbons (Fsp3) is 0.308. The number of dihydropyridines is 1. The van der Waals surface area contributed by atoms with Gasteiger partial charge in [0.05, 0.1) is 19.8 Å². The van der Waals surface area contributed by atoms with Gasteiger partial charge in [-0.1, -0.05) is 18.2 Å². The molecule has 0 fully saturated rings. The largest absolute Gasteiger partial charge is 0.497 e. The van der Waals surface area contributed by atoms with Crippen molar-refractivity contribution in [2.24, 2.45) is 0 Å². The molecule has 2 aromatic carbocycles. The van der Waals surface area contributed by atoms with Crippen LogP contribution in [0.4, 0.5) is 0 Å². The third-order valence-electron chi connectivity index (χ3n) is 6.55. The van der Waals surface area contributed by atoms with Gasteiger partial charge in [0, 0.05) is 29.3 Å². The van der Waals surface area contributed by atoms with Gasteiger partial charge in [0.15, 0.2) is 17.3 Å². The maximum absolute atomic E-state index is 13.6. The van der Waals surface area contributed by atoms with Gasteiger partial charge < -0.3 is 24.3 Å². The maximum Gasteiger partial charge on any atom is 0.336 e. The first-order valence-corrected chi connectivity index (χ1v) is 10.9. The van der Waals surface area contributed by atoms with E-state index in [2.05, 4.69) is 5.32 Å². The molecule has 0 spiro atoms. The molecule has 33 heavy (non-hydrogen) atoms. The van der Waals surface area contributed by atoms with Crippen LogP contribution in [0.3, 0.4) is 0 Å². The van der Waals surface area contributed by atoms with Crippen LogP contribution < -0.4 is 19.5 Å². The van der Waals surface area contributed by atoms with Crippen LogP contribution in [0.1, 0.15) is 42.7 Å². The second-order valence-corrected chi connectivity index (χ2v) is 8.39. The number of carbonyl (C=O) groups is 2. The predicted molar refractivity (Wildman–Crippen MR) is 120 cm³/mol. The van der Waals surface area contributed by atoms with Crippen LogP contribution in [0.25, 0.3) is 0 Å². The number of hydrogen-bond donors (Lipinski definition) is 1. The summed E-state index contributed by atoms with van der Waals surface area (Å²) in [6.45, 7) is 2.00. The smallest absolute Gasteiger partial charge is 0.336 e. The number of Topliss-reactive ketones (excluding diaryl/α,β-unsaturated/α-hetero) is 1. The Balaban J connectivity index is 1.57. The highest BCUT2D eigenvalue weighted by Crippen LogP contribution is 2.47. The van der Waals surface area contributed by atoms with E-state index in [1.807, 2.05) is 49.4 Å². The van der Waals surface area contributed by atoms with Crippen molar-refractivity contribution in [3.8, 4) is 17.2 Å². The van der Waals surface area contributed by atoms with Gasteiger partial charge in [0.1, 0.15) is 5.75 Å². The van der Waals surface area contributed by atoms with E-state index in [0.717, 1.165) is 22.6 Å². The van der Waals surface area contributed by atoms with Gasteiger partial charge in [-0.25, -0.2) is 4.79 Å². The number of fused-ring (bicyclic) bond motifs is 1. The second kappa shape index (κ2) is 8.31. The summed E-state index contributed by atoms with van der Waals surface area (Å²) in [6.07, 6.45) is 1.03. The van der Waals surface area contributed by atoms with Crippen molar-refractivity contribution in [2.75, 3.05) is 21.0 Å². The van der Waals surface area contributed by atoms with Gasteiger partial charge in [-0.2, -0.15) is 0 Å². The zero-order valence-electron chi connectivity index (χ0n) is 18.8. The predicted octanol–water partition coefficient (Wildman–Crippen LogP) is 3.96. The van der Waals surface area contributed by atoms with E-state index in [0.29, 0.717) is 41.2 Å². The Morgan fingerprint density at radius 1 is 1.00 bits per heavy atom. The number of allylic oxidation sites excluding steroid dienone is 3. The molecule has 0 radical (unpaired) electrons. The summed E-state index contributed by atoms with van der Waals surface area (Å²) in [5.74, 6) is 1.10. The highest BCUT2D eigenvalue weighted by Gasteiger charge is 2.41. The molecule has 1 N–H and O–H groups in total. The molecule has 170 valence electrons. The monoisotopic (exact) mass is 447 g/mol. The van der Waals surface area contributed by atoms with E-state index >= 15 is 0 Å². The number of rotatable bonds is 4. The molecule has 1 aliphatic carbocycles. The molecule has 2 aliphatic heterocycles. The average molecular weight is 447 g/mol. The number of hydrogen-bond acceptors (Lipinski definition) is 7. The lowest BCUT2D eigenvalue weighted by Gasteiger charge is -2.36. The zero-order valence-corrected chi connectivity index (χ0v) is 18.8. The van der Waals surface area contributed by atoms with E-state index in [-0.39, 0.29) is 18.5 Å². The molecule has 2 aromatic rings. The molecular formula is C26H25NO6. The number of nitrogens with one attached hydrogen (secondary N) is 1. The van der Waals surface area contributed by atoms with Crippen LogP contribution >= 0.6 is 0 Å². The van der Waals surface area contributed by atoms with Crippen molar-refractivity contribution < 1.29 is 28.5 Å². The minimum absolute atomic E-state index is 0.0149. The zero-order chi connectivity index (χ0) is 23.1. The maximum atomic E-state index is 13.6. The summed E-state index contributed by atoms with van der Waals surface area (Å²) in [5, 5.41) is 3.35. The molecule has 2 atom stereocenters. The Morgan fingerprint density at radius 3 is 2.45 bits per heavy atom. The van der Waals surface area contributed by atoms with Crippen molar-refractivity contribution in [2.45, 2.75) is 31.6 Å². The topological polar surface area (TPSA) is 83.1 Å². The van der Waals surface area contributed by atoms with Crippen LogP contribution in [0.15, 0.2) is 65.0 Å². The molecule has 0 unspecified atom stereocenters. The summed E-state index contributed by atoms with van der Waals surface area (Å²) >= 11 is 0. The van der Waals surface area contributed by atoms with Gasteiger partial charge in [-0.05, 0) is 54.7 Å². The number of ether oxygens (including phenoxy) is 4. The molecule has 7 heteroatoms. The van der Waals surface area contributed by atoms with Crippen molar-refractivity contribution >= 4 is 11.8 Å². The number of benzene rings is 2. The Labute approximate surface area is 192 Å². The Morgan fingerprint density at radius 2 is 1.73 bits per heavy atom. The van der Waals surface area contributed by atoms with Crippen molar-refractivity contribution in [1.82, 2.24) is 5.32 Å². The third kappa shape index (κ3) is 3.63. The lowest BCUT2D eigenvalue weighted by Crippen LogP contribution is -2.36. The molecule has 2 heterocycles. The highest BCUT2D eigenvalue weighted by molar-refractivity contribution is 6.04. The normalized spacial score (nSPS) is 21.5. The third-order valence-corrected chi connectivity index (χ3v) is 6.55. The number of methoxy groups -OCH3 is 2. The van der Waals surface area contributed by atoms with Gasteiger partial charge in [0.2, 0.25) is 6.79 Å². The van der Waals surface area contributed by atoms with E-state index in [1.54, 1.807) is 7.11 Å². The second-order valence-electron chi connectivity index (χ2n) is 8.39. The van der Waals surface area contributed by atoms with E-state index < -0.39 is 11.9 Å². The van der Waals surface area contributed by atoms with Crippen molar-refractivity contribution in [3.05, 3.63) is 76.1 Å². The standard InChI is InChI=1S/C26H25NO6/c1-14-23(26(29)31-3)24(16-6-9-21-22(12-16)33-13-32-21)25-19(27-14)10-17(11-20(25)28)15-4-7-18(30-2)8-5-15/h4-9,12,17,24,27H,10-11,13H2,1-3H3/t17-,24-/m0/s1. The molecule has 5 rings (SSSR count). The van der Waals surface area contributed by atoms with Crippen LogP contribution in [0.5, 0.6) is 17.2 Å². The van der Waals surface area contributed by atoms with E-state index in [4.69, 9.17) is 18.9 Å². The van der Waals surface area contributed by atoms with Gasteiger partial charge in [-0.3, -0.25) is 4.79 Å². The summed E-state index contributed by atoms with van der Waals surface area (Å²) in [5.41, 5.74) is 4.46. The highest BCUT2D eigenvalue weighted by atomic mass is 16.7. The number of ketones is 1. The summed E-state index contributed by atoms with van der Waals surface area (Å²) in [6, 6.07) is 13.4. The summed E-state index contributed by atoms with van der Waals surface area (Å²) in [7, 11) is 2.98. The van der Waals surface area contributed by atoms with Crippen LogP contribution in [0.2, 0.25) is 0 Å².